The van der Waals surface area contributed by atoms with Crippen LogP contribution in [0.3, 0.4) is 0 Å². The SMILES string of the molecule is CN(C)CCOc1ccccc1C(=O)NCc1nccn1C. The second-order valence-corrected chi connectivity index (χ2v) is 5.28. The number of carbonyl (C=O) groups excluding carboxylic acids is 1. The number of ether oxygens (including phenoxy) is 1. The van der Waals surface area contributed by atoms with Crippen LogP contribution in [0, 0.1) is 0 Å². The zero-order valence-corrected chi connectivity index (χ0v) is 13.2. The number of aryl methyl sites for hydroxylation is 1. The van der Waals surface area contributed by atoms with Gasteiger partial charge in [-0.05, 0) is 26.2 Å². The first-order valence-electron chi connectivity index (χ1n) is 7.19. The number of carbonyl (C=O) groups is 1. The predicted molar refractivity (Wildman–Crippen MR) is 84.9 cm³/mol. The van der Waals surface area contributed by atoms with Crippen LogP contribution in [0.2, 0.25) is 0 Å². The summed E-state index contributed by atoms with van der Waals surface area (Å²) in [5.74, 6) is 1.24. The standard InChI is InChI=1S/C16H22N4O2/c1-19(2)10-11-22-14-7-5-4-6-13(14)16(21)18-12-15-17-8-9-20(15)3/h4-9H,10-12H2,1-3H3,(H,18,21). The topological polar surface area (TPSA) is 59.4 Å². The first-order valence-corrected chi connectivity index (χ1v) is 7.19. The Morgan fingerprint density at radius 3 is 2.82 bits per heavy atom. The normalized spacial score (nSPS) is 10.7. The molecule has 0 unspecified atom stereocenters. The van der Waals surface area contributed by atoms with Crippen LogP contribution in [0.1, 0.15) is 16.2 Å². The molecule has 0 saturated carbocycles. The van der Waals surface area contributed by atoms with E-state index < -0.39 is 0 Å². The summed E-state index contributed by atoms with van der Waals surface area (Å²) in [5, 5.41) is 2.87. The number of aromatic nitrogens is 2. The molecule has 0 aliphatic rings. The summed E-state index contributed by atoms with van der Waals surface area (Å²) in [7, 11) is 5.86. The number of para-hydroxylation sites is 1. The fraction of sp³-hybridized carbons (Fsp3) is 0.375. The molecule has 0 spiro atoms. The third-order valence-corrected chi connectivity index (χ3v) is 3.26. The highest BCUT2D eigenvalue weighted by atomic mass is 16.5. The van der Waals surface area contributed by atoms with E-state index in [0.29, 0.717) is 24.5 Å². The molecule has 1 heterocycles. The van der Waals surface area contributed by atoms with Crippen molar-refractivity contribution in [3.8, 4) is 5.75 Å². The molecule has 0 saturated heterocycles. The van der Waals surface area contributed by atoms with Crippen molar-refractivity contribution >= 4 is 5.91 Å². The Labute approximate surface area is 130 Å². The maximum absolute atomic E-state index is 12.3. The Balaban J connectivity index is 1.98. The van der Waals surface area contributed by atoms with Crippen molar-refractivity contribution in [2.24, 2.45) is 7.05 Å². The van der Waals surface area contributed by atoms with Crippen molar-refractivity contribution < 1.29 is 9.53 Å². The second-order valence-electron chi connectivity index (χ2n) is 5.28. The molecule has 0 radical (unpaired) electrons. The van der Waals surface area contributed by atoms with E-state index in [1.54, 1.807) is 12.3 Å². The van der Waals surface area contributed by atoms with Crippen LogP contribution in [-0.2, 0) is 13.6 Å². The molecular weight excluding hydrogens is 280 g/mol. The first-order chi connectivity index (χ1) is 10.6. The molecule has 22 heavy (non-hydrogen) atoms. The van der Waals surface area contributed by atoms with Gasteiger partial charge in [0.25, 0.3) is 5.91 Å². The number of likely N-dealkylation sites (N-methyl/N-ethyl adjacent to an activating group) is 1. The van der Waals surface area contributed by atoms with E-state index in [-0.39, 0.29) is 5.91 Å². The summed E-state index contributed by atoms with van der Waals surface area (Å²) >= 11 is 0. The first kappa shape index (κ1) is 16.0. The van der Waals surface area contributed by atoms with E-state index >= 15 is 0 Å². The molecule has 2 aromatic rings. The lowest BCUT2D eigenvalue weighted by Crippen LogP contribution is -2.25. The van der Waals surface area contributed by atoms with Gasteiger partial charge in [-0.1, -0.05) is 12.1 Å². The summed E-state index contributed by atoms with van der Waals surface area (Å²) in [4.78, 5) is 18.5. The van der Waals surface area contributed by atoms with Crippen molar-refractivity contribution in [1.82, 2.24) is 19.8 Å². The second kappa shape index (κ2) is 7.61. The van der Waals surface area contributed by atoms with E-state index in [4.69, 9.17) is 4.74 Å². The molecule has 6 nitrogen and oxygen atoms in total. The lowest BCUT2D eigenvalue weighted by Gasteiger charge is -2.14. The van der Waals surface area contributed by atoms with Gasteiger partial charge in [0.2, 0.25) is 0 Å². The summed E-state index contributed by atoms with van der Waals surface area (Å²) < 4.78 is 7.58. The fourth-order valence-corrected chi connectivity index (χ4v) is 1.94. The quantitative estimate of drug-likeness (QED) is 0.837. The minimum absolute atomic E-state index is 0.163. The molecule has 0 aliphatic heterocycles. The molecule has 118 valence electrons. The molecule has 0 bridgehead atoms. The zero-order valence-electron chi connectivity index (χ0n) is 13.2. The minimum Gasteiger partial charge on any atom is -0.491 e. The van der Waals surface area contributed by atoms with Crippen LogP contribution in [0.5, 0.6) is 5.75 Å². The number of hydrogen-bond acceptors (Lipinski definition) is 4. The van der Waals surface area contributed by atoms with Gasteiger partial charge < -0.3 is 19.5 Å². The zero-order chi connectivity index (χ0) is 15.9. The number of rotatable bonds is 7. The number of hydrogen-bond donors (Lipinski definition) is 1. The molecule has 1 N–H and O–H groups in total. The maximum Gasteiger partial charge on any atom is 0.255 e. The highest BCUT2D eigenvalue weighted by Crippen LogP contribution is 2.17. The molecule has 0 fully saturated rings. The smallest absolute Gasteiger partial charge is 0.255 e. The highest BCUT2D eigenvalue weighted by molar-refractivity contribution is 5.96. The molecule has 1 aromatic heterocycles. The number of benzene rings is 1. The number of imidazole rings is 1. The van der Waals surface area contributed by atoms with Crippen LogP contribution >= 0.6 is 0 Å². The van der Waals surface area contributed by atoms with Crippen molar-refractivity contribution in [3.63, 3.8) is 0 Å². The Morgan fingerprint density at radius 2 is 2.14 bits per heavy atom. The fourth-order valence-electron chi connectivity index (χ4n) is 1.94. The van der Waals surface area contributed by atoms with Crippen LogP contribution in [0.25, 0.3) is 0 Å². The summed E-state index contributed by atoms with van der Waals surface area (Å²) in [6.45, 7) is 1.72. The number of nitrogens with zero attached hydrogens (tertiary/aromatic N) is 3. The van der Waals surface area contributed by atoms with Crippen LogP contribution in [0.15, 0.2) is 36.7 Å². The molecule has 1 aromatic carbocycles. The van der Waals surface area contributed by atoms with Crippen molar-refractivity contribution in [2.75, 3.05) is 27.2 Å². The largest absolute Gasteiger partial charge is 0.491 e. The van der Waals surface area contributed by atoms with Gasteiger partial charge in [-0.2, -0.15) is 0 Å². The number of nitrogens with one attached hydrogen (secondary N) is 1. The molecule has 0 aliphatic carbocycles. The van der Waals surface area contributed by atoms with Gasteiger partial charge >= 0.3 is 0 Å². The predicted octanol–water partition coefficient (Wildman–Crippen LogP) is 1.29. The van der Waals surface area contributed by atoms with E-state index in [9.17, 15) is 4.79 Å². The Hall–Kier alpha value is -2.34. The molecule has 1 amide bonds. The third-order valence-electron chi connectivity index (χ3n) is 3.26. The summed E-state index contributed by atoms with van der Waals surface area (Å²) in [5.41, 5.74) is 0.537. The van der Waals surface area contributed by atoms with Crippen molar-refractivity contribution in [1.29, 1.82) is 0 Å². The van der Waals surface area contributed by atoms with Crippen LogP contribution in [-0.4, -0.2) is 47.6 Å². The highest BCUT2D eigenvalue weighted by Gasteiger charge is 2.12. The van der Waals surface area contributed by atoms with E-state index in [1.807, 2.05) is 55.0 Å². The Kier molecular flexibility index (Phi) is 5.55. The average molecular weight is 302 g/mol. The van der Waals surface area contributed by atoms with Crippen molar-refractivity contribution in [3.05, 3.63) is 48.0 Å². The van der Waals surface area contributed by atoms with Gasteiger partial charge in [0.1, 0.15) is 18.2 Å². The van der Waals surface area contributed by atoms with Gasteiger partial charge in [-0.25, -0.2) is 4.98 Å². The lowest BCUT2D eigenvalue weighted by molar-refractivity contribution is 0.0945. The summed E-state index contributed by atoms with van der Waals surface area (Å²) in [6.07, 6.45) is 3.56. The van der Waals surface area contributed by atoms with E-state index in [2.05, 4.69) is 10.3 Å². The molecular formula is C16H22N4O2. The maximum atomic E-state index is 12.3. The Morgan fingerprint density at radius 1 is 1.36 bits per heavy atom. The van der Waals surface area contributed by atoms with E-state index in [1.165, 1.54) is 0 Å². The minimum atomic E-state index is -0.163. The van der Waals surface area contributed by atoms with Gasteiger partial charge in [0.05, 0.1) is 12.1 Å². The molecule has 6 heteroatoms. The van der Waals surface area contributed by atoms with Crippen LogP contribution in [0.4, 0.5) is 0 Å². The van der Waals surface area contributed by atoms with Gasteiger partial charge in [0, 0.05) is 26.0 Å². The van der Waals surface area contributed by atoms with E-state index in [0.717, 1.165) is 12.4 Å². The van der Waals surface area contributed by atoms with Crippen LogP contribution < -0.4 is 10.1 Å². The molecule has 2 rings (SSSR count). The third kappa shape index (κ3) is 4.33. The lowest BCUT2D eigenvalue weighted by atomic mass is 10.2. The molecule has 0 atom stereocenters. The van der Waals surface area contributed by atoms with Gasteiger partial charge in [0.15, 0.2) is 0 Å². The monoisotopic (exact) mass is 302 g/mol. The summed E-state index contributed by atoms with van der Waals surface area (Å²) in [6, 6.07) is 7.26. The van der Waals surface area contributed by atoms with Crippen molar-refractivity contribution in [2.45, 2.75) is 6.54 Å². The number of amides is 1. The van der Waals surface area contributed by atoms with Gasteiger partial charge in [-0.3, -0.25) is 4.79 Å². The average Bonchev–Trinajstić information content (AvgIpc) is 2.90. The Bertz CT molecular complexity index is 622. The van der Waals surface area contributed by atoms with Gasteiger partial charge in [-0.15, -0.1) is 0 Å².